The summed E-state index contributed by atoms with van der Waals surface area (Å²) in [6.45, 7) is 3.75. The minimum Gasteiger partial charge on any atom is -0.478 e. The number of aliphatic carboxylic acids is 2. The van der Waals surface area contributed by atoms with Crippen LogP contribution in [0, 0.1) is 13.8 Å². The first-order valence-electron chi connectivity index (χ1n) is 8.21. The minimum absolute atomic E-state index is 0.256. The number of carboxylic acid groups (broad SMARTS) is 2. The van der Waals surface area contributed by atoms with Crippen LogP contribution >= 0.6 is 0 Å². The Morgan fingerprint density at radius 2 is 1.00 bits per heavy atom. The molecule has 0 spiro atoms. The molecule has 0 radical (unpaired) electrons. The first kappa shape index (κ1) is 23.9. The molecule has 2 rings (SSSR count). The van der Waals surface area contributed by atoms with E-state index >= 15 is 0 Å². The Morgan fingerprint density at radius 3 is 1.21 bits per heavy atom. The third kappa shape index (κ3) is 9.58. The molecule has 0 saturated carbocycles. The van der Waals surface area contributed by atoms with Crippen LogP contribution in [0.25, 0.3) is 0 Å². The molecule has 0 fully saturated rings. The molecule has 2 aromatic carbocycles. The van der Waals surface area contributed by atoms with Gasteiger partial charge in [-0.1, -0.05) is 35.4 Å². The quantitative estimate of drug-likeness (QED) is 0.567. The van der Waals surface area contributed by atoms with Crippen molar-refractivity contribution in [2.24, 2.45) is 0 Å². The van der Waals surface area contributed by atoms with Crippen LogP contribution in [0.15, 0.2) is 48.5 Å². The summed E-state index contributed by atoms with van der Waals surface area (Å²) in [4.78, 5) is 23.0. The van der Waals surface area contributed by atoms with Crippen molar-refractivity contribution in [3.05, 3.63) is 59.7 Å². The van der Waals surface area contributed by atoms with Crippen molar-refractivity contribution in [3.63, 3.8) is 0 Å². The van der Waals surface area contributed by atoms with E-state index in [-0.39, 0.29) is 11.5 Å². The monoisotopic (exact) mass is 426 g/mol. The van der Waals surface area contributed by atoms with Crippen molar-refractivity contribution in [2.75, 3.05) is 6.26 Å². The summed E-state index contributed by atoms with van der Waals surface area (Å²) < 4.78 is 36.6. The van der Waals surface area contributed by atoms with E-state index in [1.165, 1.54) is 0 Å². The smallest absolute Gasteiger partial charge is 0.349 e. The topological polar surface area (TPSA) is 147 Å². The van der Waals surface area contributed by atoms with Crippen molar-refractivity contribution in [1.29, 1.82) is 0 Å². The highest BCUT2D eigenvalue weighted by Gasteiger charge is 2.38. The van der Waals surface area contributed by atoms with Gasteiger partial charge in [-0.15, -0.1) is 0 Å². The average Bonchev–Trinajstić information content (AvgIpc) is 2.59. The normalized spacial score (nSPS) is 12.7. The number of rotatable bonds is 7. The molecule has 0 aromatic heterocycles. The van der Waals surface area contributed by atoms with Gasteiger partial charge in [-0.3, -0.25) is 4.55 Å². The van der Waals surface area contributed by atoms with Crippen LogP contribution in [0.5, 0.6) is 11.5 Å². The highest BCUT2D eigenvalue weighted by Crippen LogP contribution is 2.19. The number of hydrogen-bond acceptors (Lipinski definition) is 6. The SMILES string of the molecule is CS(=O)(=O)O.Cc1ccc(OC(C(=O)O)C(Oc2ccc(C)cc2)C(=O)O)cc1. The zero-order chi connectivity index (χ0) is 22.2. The molecule has 0 saturated heterocycles. The Balaban J connectivity index is 0.000000749. The zero-order valence-corrected chi connectivity index (χ0v) is 16.8. The van der Waals surface area contributed by atoms with Gasteiger partial charge in [-0.25, -0.2) is 9.59 Å². The van der Waals surface area contributed by atoms with Gasteiger partial charge in [0.2, 0.25) is 12.2 Å². The van der Waals surface area contributed by atoms with Crippen LogP contribution in [0.2, 0.25) is 0 Å². The lowest BCUT2D eigenvalue weighted by atomic mass is 10.2. The summed E-state index contributed by atoms with van der Waals surface area (Å²) in [5, 5.41) is 18.7. The maximum Gasteiger partial charge on any atom is 0.349 e. The van der Waals surface area contributed by atoms with Crippen molar-refractivity contribution in [2.45, 2.75) is 26.1 Å². The average molecular weight is 426 g/mol. The van der Waals surface area contributed by atoms with E-state index < -0.39 is 34.3 Å². The highest BCUT2D eigenvalue weighted by atomic mass is 32.2. The van der Waals surface area contributed by atoms with Crippen molar-refractivity contribution in [1.82, 2.24) is 0 Å². The lowest BCUT2D eigenvalue weighted by Gasteiger charge is -2.22. The van der Waals surface area contributed by atoms with E-state index in [1.54, 1.807) is 48.5 Å². The highest BCUT2D eigenvalue weighted by molar-refractivity contribution is 7.85. The molecular formula is C19H22O9S. The zero-order valence-electron chi connectivity index (χ0n) is 16.0. The fraction of sp³-hybridized carbons (Fsp3) is 0.263. The maximum absolute atomic E-state index is 11.5. The van der Waals surface area contributed by atoms with Crippen LogP contribution in [-0.2, 0) is 19.7 Å². The van der Waals surface area contributed by atoms with Crippen LogP contribution in [0.3, 0.4) is 0 Å². The lowest BCUT2D eigenvalue weighted by molar-refractivity contribution is -0.161. The van der Waals surface area contributed by atoms with Crippen LogP contribution in [-0.4, -0.2) is 53.6 Å². The summed E-state index contributed by atoms with van der Waals surface area (Å²) in [5.41, 5.74) is 1.94. The predicted molar refractivity (Wildman–Crippen MR) is 104 cm³/mol. The second kappa shape index (κ2) is 10.4. The van der Waals surface area contributed by atoms with E-state index in [1.807, 2.05) is 13.8 Å². The summed E-state index contributed by atoms with van der Waals surface area (Å²) in [6.07, 6.45) is -2.66. The van der Waals surface area contributed by atoms with Gasteiger partial charge in [0.25, 0.3) is 10.1 Å². The van der Waals surface area contributed by atoms with Crippen molar-refractivity contribution in [3.8, 4) is 11.5 Å². The fourth-order valence-corrected chi connectivity index (χ4v) is 2.01. The summed E-state index contributed by atoms with van der Waals surface area (Å²) in [7, 11) is -3.67. The van der Waals surface area contributed by atoms with Crippen molar-refractivity contribution < 1.29 is 42.2 Å². The van der Waals surface area contributed by atoms with Gasteiger partial charge in [0.15, 0.2) is 0 Å². The van der Waals surface area contributed by atoms with E-state index in [0.717, 1.165) is 11.1 Å². The number of carboxylic acids is 2. The molecule has 0 aliphatic rings. The van der Waals surface area contributed by atoms with Crippen molar-refractivity contribution >= 4 is 22.1 Å². The predicted octanol–water partition coefficient (Wildman–Crippen LogP) is 2.17. The third-order valence-corrected chi connectivity index (χ3v) is 3.33. The molecule has 158 valence electrons. The van der Waals surface area contributed by atoms with Gasteiger partial charge in [0, 0.05) is 0 Å². The molecule has 0 bridgehead atoms. The molecule has 2 aromatic rings. The molecular weight excluding hydrogens is 404 g/mol. The molecule has 0 aliphatic heterocycles. The molecule has 29 heavy (non-hydrogen) atoms. The Morgan fingerprint density at radius 1 is 0.759 bits per heavy atom. The van der Waals surface area contributed by atoms with Gasteiger partial charge in [0.05, 0.1) is 6.26 Å². The van der Waals surface area contributed by atoms with Gasteiger partial charge in [-0.2, -0.15) is 8.42 Å². The van der Waals surface area contributed by atoms with E-state index in [9.17, 15) is 28.2 Å². The maximum atomic E-state index is 11.5. The van der Waals surface area contributed by atoms with Crippen LogP contribution in [0.1, 0.15) is 11.1 Å². The summed E-state index contributed by atoms with van der Waals surface area (Å²) in [6, 6.07) is 13.3. The Kier molecular flexibility index (Phi) is 8.61. The molecule has 0 heterocycles. The molecule has 2 atom stereocenters. The summed E-state index contributed by atoms with van der Waals surface area (Å²) in [5.74, 6) is -2.33. The molecule has 0 amide bonds. The fourth-order valence-electron chi connectivity index (χ4n) is 2.01. The first-order valence-corrected chi connectivity index (χ1v) is 10.1. The summed E-state index contributed by atoms with van der Waals surface area (Å²) >= 11 is 0. The lowest BCUT2D eigenvalue weighted by Crippen LogP contribution is -2.47. The minimum atomic E-state index is -3.67. The van der Waals surface area contributed by atoms with Gasteiger partial charge < -0.3 is 19.7 Å². The number of aryl methyl sites for hydroxylation is 2. The Hall–Kier alpha value is -3.11. The third-order valence-electron chi connectivity index (χ3n) is 3.33. The van der Waals surface area contributed by atoms with Crippen LogP contribution < -0.4 is 9.47 Å². The van der Waals surface area contributed by atoms with E-state index in [2.05, 4.69) is 0 Å². The van der Waals surface area contributed by atoms with Gasteiger partial charge >= 0.3 is 11.9 Å². The van der Waals surface area contributed by atoms with Crippen LogP contribution in [0.4, 0.5) is 0 Å². The molecule has 9 nitrogen and oxygen atoms in total. The second-order valence-corrected chi connectivity index (χ2v) is 7.58. The van der Waals surface area contributed by atoms with E-state index in [4.69, 9.17) is 14.0 Å². The number of benzene rings is 2. The number of hydrogen-bond donors (Lipinski definition) is 3. The first-order chi connectivity index (χ1) is 13.4. The number of ether oxygens (including phenoxy) is 2. The largest absolute Gasteiger partial charge is 0.478 e. The van der Waals surface area contributed by atoms with Gasteiger partial charge in [-0.05, 0) is 38.1 Å². The Labute approximate surface area is 168 Å². The number of carbonyl (C=O) groups is 2. The van der Waals surface area contributed by atoms with E-state index in [0.29, 0.717) is 6.26 Å². The standard InChI is InChI=1S/C18H18O6.CH4O3S/c1-11-3-7-13(8-4-11)23-15(17(19)20)16(18(21)22)24-14-9-5-12(2)6-10-14;1-5(2,3)4/h3-10,15-16H,1-2H3,(H,19,20)(H,21,22);1H3,(H,2,3,4). The molecule has 3 N–H and O–H groups in total. The molecule has 0 aliphatic carbocycles. The van der Waals surface area contributed by atoms with Gasteiger partial charge in [0.1, 0.15) is 11.5 Å². The molecule has 2 unspecified atom stereocenters. The molecule has 10 heteroatoms. The Bertz CT molecular complexity index is 848. The second-order valence-electron chi connectivity index (χ2n) is 6.11.